The van der Waals surface area contributed by atoms with Crippen LogP contribution >= 0.6 is 0 Å². The van der Waals surface area contributed by atoms with Crippen molar-refractivity contribution in [1.29, 1.82) is 0 Å². The monoisotopic (exact) mass is 328 g/mol. The summed E-state index contributed by atoms with van der Waals surface area (Å²) in [5.74, 6) is 0. The average molecular weight is 329 g/mol. The van der Waals surface area contributed by atoms with Crippen LogP contribution in [0.2, 0.25) is 0 Å². The van der Waals surface area contributed by atoms with Gasteiger partial charge in [0, 0.05) is 0 Å². The van der Waals surface area contributed by atoms with Crippen LogP contribution in [-0.2, 0) is 4.89 Å². The molecule has 140 valence electrons. The van der Waals surface area contributed by atoms with Crippen molar-refractivity contribution in [3.05, 3.63) is 0 Å². The first-order valence-electron chi connectivity index (χ1n) is 10.5. The van der Waals surface area contributed by atoms with Crippen LogP contribution in [0.15, 0.2) is 0 Å². The van der Waals surface area contributed by atoms with Crippen molar-refractivity contribution in [1.82, 2.24) is 0 Å². The van der Waals surface area contributed by atoms with Crippen molar-refractivity contribution in [3.63, 3.8) is 0 Å². The van der Waals surface area contributed by atoms with E-state index in [1.165, 1.54) is 96.3 Å². The summed E-state index contributed by atoms with van der Waals surface area (Å²) in [6.45, 7) is 7.56. The van der Waals surface area contributed by atoms with E-state index in [2.05, 4.69) is 25.7 Å². The highest BCUT2D eigenvalue weighted by molar-refractivity contribution is 4.78. The maximum Gasteiger partial charge on any atom is 0.0819 e. The molecular formula is C21H44O2. The highest BCUT2D eigenvalue weighted by atomic mass is 17.1. The molecule has 2 nitrogen and oxygen atoms in total. The lowest BCUT2D eigenvalue weighted by Crippen LogP contribution is -2.20. The van der Waals surface area contributed by atoms with Gasteiger partial charge >= 0.3 is 0 Å². The number of hydrogen-bond acceptors (Lipinski definition) is 2. The fourth-order valence-electron chi connectivity index (χ4n) is 4.25. The van der Waals surface area contributed by atoms with Crippen molar-refractivity contribution in [2.75, 3.05) is 6.61 Å². The zero-order chi connectivity index (χ0) is 17.2. The first kappa shape index (κ1) is 22.9. The number of hydrogen-bond donors (Lipinski definition) is 1. The molecule has 0 aromatic rings. The normalized spacial score (nSPS) is 12.0. The summed E-state index contributed by atoms with van der Waals surface area (Å²) >= 11 is 0. The largest absolute Gasteiger partial charge is 0.252 e. The Morgan fingerprint density at radius 2 is 0.957 bits per heavy atom. The molecule has 0 aromatic carbocycles. The van der Waals surface area contributed by atoms with E-state index in [4.69, 9.17) is 5.26 Å². The van der Waals surface area contributed by atoms with Gasteiger partial charge in [-0.05, 0) is 37.5 Å². The van der Waals surface area contributed by atoms with Gasteiger partial charge in [-0.1, -0.05) is 91.4 Å². The van der Waals surface area contributed by atoms with Gasteiger partial charge in [0.2, 0.25) is 0 Å². The summed E-state index contributed by atoms with van der Waals surface area (Å²) in [6, 6.07) is 0. The van der Waals surface area contributed by atoms with Crippen LogP contribution in [0.4, 0.5) is 0 Å². The second-order valence-electron chi connectivity index (χ2n) is 7.52. The maximum atomic E-state index is 8.25. The minimum Gasteiger partial charge on any atom is -0.252 e. The lowest BCUT2D eigenvalue weighted by Gasteiger charge is -2.34. The van der Waals surface area contributed by atoms with E-state index in [0.29, 0.717) is 12.0 Å². The second kappa shape index (κ2) is 16.8. The molecule has 0 bridgehead atoms. The Bertz CT molecular complexity index is 211. The summed E-state index contributed by atoms with van der Waals surface area (Å²) in [7, 11) is 0. The molecule has 0 aliphatic rings. The minimum atomic E-state index is 0.495. The Balaban J connectivity index is 3.65. The summed E-state index contributed by atoms with van der Waals surface area (Å²) < 4.78 is 0. The molecule has 0 atom stereocenters. The lowest BCUT2D eigenvalue weighted by atomic mass is 9.72. The average Bonchev–Trinajstić information content (AvgIpc) is 2.53. The van der Waals surface area contributed by atoms with E-state index in [1.54, 1.807) is 0 Å². The predicted octanol–water partition coefficient (Wildman–Crippen LogP) is 7.76. The van der Waals surface area contributed by atoms with Gasteiger partial charge in [0.15, 0.2) is 0 Å². The van der Waals surface area contributed by atoms with E-state index >= 15 is 0 Å². The molecule has 0 spiro atoms. The molecule has 0 unspecified atom stereocenters. The van der Waals surface area contributed by atoms with Gasteiger partial charge in [0.25, 0.3) is 0 Å². The third kappa shape index (κ3) is 12.9. The molecule has 0 amide bonds. The molecule has 0 saturated carbocycles. The first-order valence-corrected chi connectivity index (χ1v) is 10.5. The van der Waals surface area contributed by atoms with Gasteiger partial charge in [0.1, 0.15) is 0 Å². The molecule has 23 heavy (non-hydrogen) atoms. The third-order valence-electron chi connectivity index (χ3n) is 5.28. The van der Waals surface area contributed by atoms with Crippen molar-refractivity contribution in [2.45, 2.75) is 124 Å². The Labute approximate surface area is 146 Å². The molecule has 0 fully saturated rings. The molecule has 2 heteroatoms. The molecule has 0 rings (SSSR count). The smallest absolute Gasteiger partial charge is 0.0819 e. The van der Waals surface area contributed by atoms with Crippen LogP contribution in [0, 0.1) is 5.41 Å². The molecule has 0 heterocycles. The summed E-state index contributed by atoms with van der Waals surface area (Å²) in [4.78, 5) is 4.09. The Morgan fingerprint density at radius 1 is 0.565 bits per heavy atom. The van der Waals surface area contributed by atoms with Crippen LogP contribution in [0.1, 0.15) is 124 Å². The molecule has 0 aliphatic carbocycles. The van der Waals surface area contributed by atoms with E-state index in [9.17, 15) is 0 Å². The SMILES string of the molecule is CCCC(CCC)(CCC)CCCCCCCCCCCOO. The highest BCUT2D eigenvalue weighted by Crippen LogP contribution is 2.40. The molecule has 0 saturated heterocycles. The Kier molecular flexibility index (Phi) is 16.7. The topological polar surface area (TPSA) is 29.5 Å². The lowest BCUT2D eigenvalue weighted by molar-refractivity contribution is -0.242. The van der Waals surface area contributed by atoms with Crippen LogP contribution in [0.25, 0.3) is 0 Å². The molecule has 0 radical (unpaired) electrons. The van der Waals surface area contributed by atoms with Crippen molar-refractivity contribution < 1.29 is 10.1 Å². The second-order valence-corrected chi connectivity index (χ2v) is 7.52. The van der Waals surface area contributed by atoms with E-state index < -0.39 is 0 Å². The maximum absolute atomic E-state index is 8.25. The van der Waals surface area contributed by atoms with E-state index in [0.717, 1.165) is 6.42 Å². The Morgan fingerprint density at radius 3 is 1.35 bits per heavy atom. The summed E-state index contributed by atoms with van der Waals surface area (Å²) in [5, 5.41) is 8.25. The fraction of sp³-hybridized carbons (Fsp3) is 1.00. The van der Waals surface area contributed by atoms with Crippen molar-refractivity contribution in [2.24, 2.45) is 5.41 Å². The first-order chi connectivity index (χ1) is 11.2. The Hall–Kier alpha value is -0.0800. The zero-order valence-electron chi connectivity index (χ0n) is 16.4. The van der Waals surface area contributed by atoms with Crippen molar-refractivity contribution in [3.8, 4) is 0 Å². The van der Waals surface area contributed by atoms with Crippen LogP contribution in [0.5, 0.6) is 0 Å². The molecular weight excluding hydrogens is 284 g/mol. The van der Waals surface area contributed by atoms with Gasteiger partial charge in [-0.25, -0.2) is 4.89 Å². The fourth-order valence-corrected chi connectivity index (χ4v) is 4.25. The molecule has 0 aliphatic heterocycles. The standard InChI is InChI=1S/C21H44O2/c1-4-16-21(17-5-2,18-6-3)19-14-12-10-8-7-9-11-13-15-20-23-22/h22H,4-20H2,1-3H3. The van der Waals surface area contributed by atoms with E-state index in [1.807, 2.05) is 0 Å². The minimum absolute atomic E-state index is 0.495. The molecule has 1 N–H and O–H groups in total. The highest BCUT2D eigenvalue weighted by Gasteiger charge is 2.26. The molecule has 0 aromatic heterocycles. The van der Waals surface area contributed by atoms with Crippen LogP contribution < -0.4 is 0 Å². The zero-order valence-corrected chi connectivity index (χ0v) is 16.4. The third-order valence-corrected chi connectivity index (χ3v) is 5.28. The van der Waals surface area contributed by atoms with Crippen LogP contribution in [-0.4, -0.2) is 11.9 Å². The van der Waals surface area contributed by atoms with Gasteiger partial charge in [-0.3, -0.25) is 5.26 Å². The van der Waals surface area contributed by atoms with Gasteiger partial charge < -0.3 is 0 Å². The predicted molar refractivity (Wildman–Crippen MR) is 102 cm³/mol. The van der Waals surface area contributed by atoms with Gasteiger partial charge in [-0.2, -0.15) is 0 Å². The quantitative estimate of drug-likeness (QED) is 0.158. The van der Waals surface area contributed by atoms with Gasteiger partial charge in [-0.15, -0.1) is 0 Å². The number of unbranched alkanes of at least 4 members (excludes halogenated alkanes) is 8. The number of rotatable bonds is 18. The van der Waals surface area contributed by atoms with Crippen molar-refractivity contribution >= 4 is 0 Å². The summed E-state index contributed by atoms with van der Waals surface area (Å²) in [5.41, 5.74) is 0.660. The van der Waals surface area contributed by atoms with Crippen LogP contribution in [0.3, 0.4) is 0 Å². The summed E-state index contributed by atoms with van der Waals surface area (Å²) in [6.07, 6.45) is 21.7. The van der Waals surface area contributed by atoms with Gasteiger partial charge in [0.05, 0.1) is 6.61 Å². The van der Waals surface area contributed by atoms with E-state index in [-0.39, 0.29) is 0 Å².